The number of nitrogens with zero attached hydrogens (tertiary/aromatic N) is 3. The summed E-state index contributed by atoms with van der Waals surface area (Å²) in [6.07, 6.45) is 1.78. The van der Waals surface area contributed by atoms with Crippen LogP contribution in [0.25, 0.3) is 22.4 Å². The summed E-state index contributed by atoms with van der Waals surface area (Å²) in [5.41, 5.74) is 1.14. The highest BCUT2D eigenvalue weighted by Gasteiger charge is 2.16. The zero-order valence-corrected chi connectivity index (χ0v) is 14.6. The van der Waals surface area contributed by atoms with Crippen LogP contribution in [-0.2, 0) is 6.54 Å². The maximum Gasteiger partial charge on any atom is 0.350 e. The largest absolute Gasteiger partial charge is 0.422 e. The fourth-order valence-corrected chi connectivity index (χ4v) is 3.53. The smallest absolute Gasteiger partial charge is 0.350 e. The van der Waals surface area contributed by atoms with E-state index in [0.29, 0.717) is 22.2 Å². The first-order chi connectivity index (χ1) is 12.8. The molecule has 2 aromatic carbocycles. The Morgan fingerprint density at radius 3 is 2.65 bits per heavy atom. The summed E-state index contributed by atoms with van der Waals surface area (Å²) in [5, 5.41) is 10.1. The predicted octanol–water partition coefficient (Wildman–Crippen LogP) is 4.39. The molecule has 2 heterocycles. The van der Waals surface area contributed by atoms with Crippen molar-refractivity contribution in [2.24, 2.45) is 0 Å². The topological polar surface area (TPSA) is 60.9 Å². The van der Waals surface area contributed by atoms with E-state index in [2.05, 4.69) is 16.8 Å². The number of hydrogen-bond donors (Lipinski definition) is 0. The molecular formula is C20H15N3O2S. The lowest BCUT2D eigenvalue weighted by Crippen LogP contribution is -2.04. The highest BCUT2D eigenvalue weighted by molar-refractivity contribution is 7.99. The van der Waals surface area contributed by atoms with E-state index < -0.39 is 0 Å². The molecule has 2 aromatic heterocycles. The molecule has 0 N–H and O–H groups in total. The molecule has 0 unspecified atom stereocenters. The summed E-state index contributed by atoms with van der Waals surface area (Å²) in [7, 11) is 0. The van der Waals surface area contributed by atoms with Crippen molar-refractivity contribution in [3.05, 3.63) is 83.7 Å². The van der Waals surface area contributed by atoms with Gasteiger partial charge < -0.3 is 4.42 Å². The van der Waals surface area contributed by atoms with Gasteiger partial charge in [-0.25, -0.2) is 4.79 Å². The molecule has 0 spiro atoms. The number of allylic oxidation sites excluding steroid dienone is 1. The van der Waals surface area contributed by atoms with Crippen LogP contribution >= 0.6 is 11.8 Å². The first kappa shape index (κ1) is 16.4. The predicted molar refractivity (Wildman–Crippen MR) is 102 cm³/mol. The third-order valence-electron chi connectivity index (χ3n) is 3.87. The van der Waals surface area contributed by atoms with Crippen LogP contribution < -0.4 is 5.63 Å². The van der Waals surface area contributed by atoms with E-state index in [1.807, 2.05) is 59.2 Å². The van der Waals surface area contributed by atoms with Gasteiger partial charge >= 0.3 is 5.63 Å². The van der Waals surface area contributed by atoms with Crippen LogP contribution in [0.4, 0.5) is 0 Å². The zero-order valence-electron chi connectivity index (χ0n) is 13.8. The third-order valence-corrected chi connectivity index (χ3v) is 4.86. The van der Waals surface area contributed by atoms with Crippen LogP contribution in [0.15, 0.2) is 92.6 Å². The van der Waals surface area contributed by atoms with Gasteiger partial charge in [-0.15, -0.1) is 16.8 Å². The number of para-hydroxylation sites is 1. The van der Waals surface area contributed by atoms with Gasteiger partial charge in [0.05, 0.1) is 0 Å². The van der Waals surface area contributed by atoms with E-state index in [1.165, 1.54) is 11.8 Å². The van der Waals surface area contributed by atoms with Crippen LogP contribution in [0.3, 0.4) is 0 Å². The second-order valence-corrected chi connectivity index (χ2v) is 6.62. The lowest BCUT2D eigenvalue weighted by Gasteiger charge is -2.07. The number of rotatable bonds is 5. The standard InChI is InChI=1S/C20H15N3O2S/c1-2-12-23-18(14-8-4-3-5-9-14)21-22-20(23)26-17-13-15-10-6-7-11-16(15)25-19(17)24/h2-11,13H,1,12H2. The van der Waals surface area contributed by atoms with Crippen molar-refractivity contribution in [2.75, 3.05) is 0 Å². The molecule has 0 amide bonds. The van der Waals surface area contributed by atoms with Crippen LogP contribution in [-0.4, -0.2) is 14.8 Å². The van der Waals surface area contributed by atoms with Gasteiger partial charge in [0, 0.05) is 17.5 Å². The van der Waals surface area contributed by atoms with Crippen molar-refractivity contribution in [1.29, 1.82) is 0 Å². The molecule has 0 aliphatic carbocycles. The lowest BCUT2D eigenvalue weighted by atomic mass is 10.2. The molecule has 4 rings (SSSR count). The van der Waals surface area contributed by atoms with Gasteiger partial charge in [0.25, 0.3) is 0 Å². The molecule has 0 saturated heterocycles. The Kier molecular flexibility index (Phi) is 4.41. The summed E-state index contributed by atoms with van der Waals surface area (Å²) in [6, 6.07) is 19.1. The monoisotopic (exact) mass is 361 g/mol. The van der Waals surface area contributed by atoms with Gasteiger partial charge in [0.2, 0.25) is 0 Å². The Labute approximate surface area is 154 Å². The molecule has 128 valence electrons. The second-order valence-electron chi connectivity index (χ2n) is 5.61. The molecule has 0 aliphatic heterocycles. The Balaban J connectivity index is 1.77. The van der Waals surface area contributed by atoms with Crippen molar-refractivity contribution in [2.45, 2.75) is 16.6 Å². The Morgan fingerprint density at radius 1 is 1.08 bits per heavy atom. The van der Waals surface area contributed by atoms with Crippen LogP contribution in [0, 0.1) is 0 Å². The number of hydrogen-bond acceptors (Lipinski definition) is 5. The van der Waals surface area contributed by atoms with Crippen LogP contribution in [0.1, 0.15) is 0 Å². The molecule has 0 radical (unpaired) electrons. The fourth-order valence-electron chi connectivity index (χ4n) is 2.67. The fraction of sp³-hybridized carbons (Fsp3) is 0.0500. The normalized spacial score (nSPS) is 10.9. The SMILES string of the molecule is C=CCn1c(Sc2cc3ccccc3oc2=O)nnc1-c1ccccc1. The van der Waals surface area contributed by atoms with E-state index in [1.54, 1.807) is 12.1 Å². The minimum Gasteiger partial charge on any atom is -0.422 e. The molecule has 5 nitrogen and oxygen atoms in total. The van der Waals surface area contributed by atoms with Gasteiger partial charge in [-0.1, -0.05) is 54.6 Å². The summed E-state index contributed by atoms with van der Waals surface area (Å²) < 4.78 is 7.33. The molecule has 4 aromatic rings. The van der Waals surface area contributed by atoms with Gasteiger partial charge in [0.15, 0.2) is 11.0 Å². The highest BCUT2D eigenvalue weighted by atomic mass is 32.2. The van der Waals surface area contributed by atoms with Crippen LogP contribution in [0.5, 0.6) is 0 Å². The highest BCUT2D eigenvalue weighted by Crippen LogP contribution is 2.29. The third kappa shape index (κ3) is 3.07. The van der Waals surface area contributed by atoms with Gasteiger partial charge in [-0.3, -0.25) is 4.57 Å². The first-order valence-corrected chi connectivity index (χ1v) is 8.88. The van der Waals surface area contributed by atoms with E-state index in [4.69, 9.17) is 4.42 Å². The zero-order chi connectivity index (χ0) is 17.9. The average molecular weight is 361 g/mol. The maximum absolute atomic E-state index is 12.3. The number of aromatic nitrogens is 3. The summed E-state index contributed by atoms with van der Waals surface area (Å²) >= 11 is 1.25. The van der Waals surface area contributed by atoms with Crippen molar-refractivity contribution in [1.82, 2.24) is 14.8 Å². The van der Waals surface area contributed by atoms with Crippen LogP contribution in [0.2, 0.25) is 0 Å². The number of fused-ring (bicyclic) bond motifs is 1. The molecule has 0 saturated carbocycles. The van der Waals surface area contributed by atoms with Gasteiger partial charge in [-0.05, 0) is 23.9 Å². The second kappa shape index (κ2) is 7.01. The van der Waals surface area contributed by atoms with Gasteiger partial charge in [-0.2, -0.15) is 0 Å². The quantitative estimate of drug-likeness (QED) is 0.390. The molecule has 26 heavy (non-hydrogen) atoms. The van der Waals surface area contributed by atoms with Crippen molar-refractivity contribution in [3.63, 3.8) is 0 Å². The average Bonchev–Trinajstić information content (AvgIpc) is 3.06. The first-order valence-electron chi connectivity index (χ1n) is 8.06. The molecule has 6 heteroatoms. The Bertz CT molecular complexity index is 1130. The summed E-state index contributed by atoms with van der Waals surface area (Å²) in [4.78, 5) is 12.8. The number of benzene rings is 2. The van der Waals surface area contributed by atoms with Gasteiger partial charge in [0.1, 0.15) is 10.5 Å². The minimum absolute atomic E-state index is 0.386. The molecule has 0 aliphatic rings. The molecule has 0 atom stereocenters. The van der Waals surface area contributed by atoms with Crippen molar-refractivity contribution in [3.8, 4) is 11.4 Å². The lowest BCUT2D eigenvalue weighted by molar-refractivity contribution is 0.543. The Hall–Kier alpha value is -3.12. The summed E-state index contributed by atoms with van der Waals surface area (Å²) in [6.45, 7) is 4.35. The minimum atomic E-state index is -0.386. The molecule has 0 bridgehead atoms. The van der Waals surface area contributed by atoms with Crippen molar-refractivity contribution < 1.29 is 4.42 Å². The van der Waals surface area contributed by atoms with E-state index >= 15 is 0 Å². The van der Waals surface area contributed by atoms with E-state index in [9.17, 15) is 4.79 Å². The molecular weight excluding hydrogens is 346 g/mol. The summed E-state index contributed by atoms with van der Waals surface area (Å²) in [5.74, 6) is 0.734. The molecule has 0 fully saturated rings. The van der Waals surface area contributed by atoms with Crippen molar-refractivity contribution >= 4 is 22.7 Å². The maximum atomic E-state index is 12.3. The van der Waals surface area contributed by atoms with E-state index in [0.717, 1.165) is 16.8 Å². The van der Waals surface area contributed by atoms with E-state index in [-0.39, 0.29) is 5.63 Å². The Morgan fingerprint density at radius 2 is 1.85 bits per heavy atom.